The largest absolute Gasteiger partial charge is 0.497 e. The summed E-state index contributed by atoms with van der Waals surface area (Å²) in [4.78, 5) is 14.8. The molecule has 0 spiro atoms. The number of carbonyl (C=O) groups is 1. The van der Waals surface area contributed by atoms with Gasteiger partial charge in [-0.2, -0.15) is 0 Å². The minimum atomic E-state index is 0.244. The first-order valence-electron chi connectivity index (χ1n) is 8.66. The summed E-state index contributed by atoms with van der Waals surface area (Å²) in [7, 11) is 1.66. The van der Waals surface area contributed by atoms with E-state index >= 15 is 0 Å². The molecule has 0 N–H and O–H groups in total. The molecule has 1 saturated heterocycles. The van der Waals surface area contributed by atoms with Gasteiger partial charge in [0.2, 0.25) is 5.91 Å². The predicted molar refractivity (Wildman–Crippen MR) is 96.2 cm³/mol. The molecule has 1 atom stereocenters. The molecule has 0 unspecified atom stereocenters. The van der Waals surface area contributed by atoms with Crippen molar-refractivity contribution in [3.8, 4) is 5.75 Å². The maximum atomic E-state index is 12.7. The minimum absolute atomic E-state index is 0.244. The number of ether oxygens (including phenoxy) is 1. The van der Waals surface area contributed by atoms with Crippen LogP contribution in [0.2, 0.25) is 0 Å². The first-order chi connectivity index (χ1) is 11.7. The van der Waals surface area contributed by atoms with Crippen LogP contribution in [0.15, 0.2) is 48.5 Å². The van der Waals surface area contributed by atoms with Gasteiger partial charge in [0.15, 0.2) is 0 Å². The third kappa shape index (κ3) is 3.78. The van der Waals surface area contributed by atoms with E-state index in [9.17, 15) is 4.79 Å². The molecular formula is C21H25NO2. The van der Waals surface area contributed by atoms with Crippen LogP contribution < -0.4 is 4.74 Å². The Bertz CT molecular complexity index is 676. The molecule has 0 bridgehead atoms. The van der Waals surface area contributed by atoms with Crippen LogP contribution in [0.3, 0.4) is 0 Å². The Kier molecular flexibility index (Phi) is 5.19. The van der Waals surface area contributed by atoms with E-state index in [1.165, 1.54) is 16.7 Å². The van der Waals surface area contributed by atoms with Crippen molar-refractivity contribution in [3.63, 3.8) is 0 Å². The molecule has 1 fully saturated rings. The third-order valence-corrected chi connectivity index (χ3v) is 4.82. The fraction of sp³-hybridized carbons (Fsp3) is 0.381. The van der Waals surface area contributed by atoms with E-state index in [2.05, 4.69) is 36.1 Å². The average molecular weight is 323 g/mol. The number of benzene rings is 2. The molecule has 1 amide bonds. The van der Waals surface area contributed by atoms with Crippen molar-refractivity contribution in [2.45, 2.75) is 38.6 Å². The Morgan fingerprint density at radius 1 is 1.12 bits per heavy atom. The van der Waals surface area contributed by atoms with Crippen LogP contribution in [0, 0.1) is 6.92 Å². The van der Waals surface area contributed by atoms with E-state index in [0.29, 0.717) is 6.42 Å². The molecule has 0 radical (unpaired) electrons. The molecule has 3 rings (SSSR count). The predicted octanol–water partition coefficient (Wildman–Crippen LogP) is 4.30. The van der Waals surface area contributed by atoms with Gasteiger partial charge in [-0.25, -0.2) is 0 Å². The smallest absolute Gasteiger partial charge is 0.223 e. The van der Waals surface area contributed by atoms with E-state index in [1.807, 2.05) is 24.3 Å². The molecule has 0 saturated carbocycles. The summed E-state index contributed by atoms with van der Waals surface area (Å²) in [5.41, 5.74) is 3.69. The Morgan fingerprint density at radius 2 is 1.83 bits per heavy atom. The number of methoxy groups -OCH3 is 1. The summed E-state index contributed by atoms with van der Waals surface area (Å²) in [6, 6.07) is 16.8. The van der Waals surface area contributed by atoms with Gasteiger partial charge in [-0.3, -0.25) is 4.79 Å². The summed E-state index contributed by atoms with van der Waals surface area (Å²) < 4.78 is 5.17. The molecular weight excluding hydrogens is 298 g/mol. The zero-order valence-corrected chi connectivity index (χ0v) is 14.5. The van der Waals surface area contributed by atoms with Gasteiger partial charge >= 0.3 is 0 Å². The summed E-state index contributed by atoms with van der Waals surface area (Å²) >= 11 is 0. The van der Waals surface area contributed by atoms with Gasteiger partial charge in [-0.1, -0.05) is 42.0 Å². The molecule has 3 nitrogen and oxygen atoms in total. The molecule has 1 aliphatic heterocycles. The van der Waals surface area contributed by atoms with E-state index in [4.69, 9.17) is 4.74 Å². The summed E-state index contributed by atoms with van der Waals surface area (Å²) in [6.07, 6.45) is 3.50. The first kappa shape index (κ1) is 16.6. The quantitative estimate of drug-likeness (QED) is 0.821. The molecule has 1 aliphatic rings. The molecule has 0 aromatic heterocycles. The van der Waals surface area contributed by atoms with E-state index in [1.54, 1.807) is 7.11 Å². The standard InChI is InChI=1S/C21H25NO2/c1-16-5-10-18(11-6-16)20-4-3-15-22(20)21(23)14-9-17-7-12-19(24-2)13-8-17/h5-8,10-13,20H,3-4,9,14-15H2,1-2H3/t20-/m0/s1. The lowest BCUT2D eigenvalue weighted by Gasteiger charge is -2.25. The van der Waals surface area contributed by atoms with Crippen LogP contribution in [-0.4, -0.2) is 24.5 Å². The zero-order valence-electron chi connectivity index (χ0n) is 14.5. The van der Waals surface area contributed by atoms with Crippen molar-refractivity contribution in [2.75, 3.05) is 13.7 Å². The summed E-state index contributed by atoms with van der Waals surface area (Å²) in [6.45, 7) is 2.97. The van der Waals surface area contributed by atoms with Crippen LogP contribution in [0.1, 0.15) is 42.0 Å². The lowest BCUT2D eigenvalue weighted by molar-refractivity contribution is -0.132. The van der Waals surface area contributed by atoms with Crippen molar-refractivity contribution in [1.29, 1.82) is 0 Å². The molecule has 0 aliphatic carbocycles. The van der Waals surface area contributed by atoms with Crippen LogP contribution in [0.5, 0.6) is 5.75 Å². The number of hydrogen-bond donors (Lipinski definition) is 0. The van der Waals surface area contributed by atoms with E-state index in [0.717, 1.165) is 31.6 Å². The highest BCUT2D eigenvalue weighted by atomic mass is 16.5. The minimum Gasteiger partial charge on any atom is -0.497 e. The molecule has 126 valence electrons. The topological polar surface area (TPSA) is 29.5 Å². The Labute approximate surface area is 144 Å². The monoisotopic (exact) mass is 323 g/mol. The maximum absolute atomic E-state index is 12.7. The van der Waals surface area contributed by atoms with E-state index in [-0.39, 0.29) is 11.9 Å². The fourth-order valence-electron chi connectivity index (χ4n) is 3.39. The van der Waals surface area contributed by atoms with Crippen LogP contribution in [0.4, 0.5) is 0 Å². The van der Waals surface area contributed by atoms with Gasteiger partial charge in [-0.05, 0) is 49.4 Å². The summed E-state index contributed by atoms with van der Waals surface area (Å²) in [5, 5.41) is 0. The fourth-order valence-corrected chi connectivity index (χ4v) is 3.39. The highest BCUT2D eigenvalue weighted by molar-refractivity contribution is 5.77. The van der Waals surface area contributed by atoms with Crippen molar-refractivity contribution < 1.29 is 9.53 Å². The summed E-state index contributed by atoms with van der Waals surface area (Å²) in [5.74, 6) is 1.11. The second-order valence-corrected chi connectivity index (χ2v) is 6.50. The number of rotatable bonds is 5. The van der Waals surface area contributed by atoms with E-state index < -0.39 is 0 Å². The van der Waals surface area contributed by atoms with Crippen LogP contribution in [-0.2, 0) is 11.2 Å². The first-order valence-corrected chi connectivity index (χ1v) is 8.66. The van der Waals surface area contributed by atoms with Gasteiger partial charge in [-0.15, -0.1) is 0 Å². The molecule has 2 aromatic carbocycles. The van der Waals surface area contributed by atoms with Gasteiger partial charge in [0, 0.05) is 13.0 Å². The number of aryl methyl sites for hydroxylation is 2. The second-order valence-electron chi connectivity index (χ2n) is 6.50. The highest BCUT2D eigenvalue weighted by Gasteiger charge is 2.29. The number of amides is 1. The van der Waals surface area contributed by atoms with Crippen molar-refractivity contribution in [1.82, 2.24) is 4.90 Å². The SMILES string of the molecule is COc1ccc(CCC(=O)N2CCC[C@H]2c2ccc(C)cc2)cc1. The zero-order chi connectivity index (χ0) is 16.9. The third-order valence-electron chi connectivity index (χ3n) is 4.82. The molecule has 2 aromatic rings. The van der Waals surface area contributed by atoms with Crippen LogP contribution in [0.25, 0.3) is 0 Å². The molecule has 3 heteroatoms. The lowest BCUT2D eigenvalue weighted by atomic mass is 10.0. The Hall–Kier alpha value is -2.29. The lowest BCUT2D eigenvalue weighted by Crippen LogP contribution is -2.30. The van der Waals surface area contributed by atoms with Crippen molar-refractivity contribution in [2.24, 2.45) is 0 Å². The maximum Gasteiger partial charge on any atom is 0.223 e. The highest BCUT2D eigenvalue weighted by Crippen LogP contribution is 2.32. The van der Waals surface area contributed by atoms with Crippen molar-refractivity contribution in [3.05, 3.63) is 65.2 Å². The number of hydrogen-bond acceptors (Lipinski definition) is 2. The average Bonchev–Trinajstić information content (AvgIpc) is 3.10. The number of carbonyl (C=O) groups excluding carboxylic acids is 1. The molecule has 1 heterocycles. The van der Waals surface area contributed by atoms with Gasteiger partial charge in [0.05, 0.1) is 13.2 Å². The van der Waals surface area contributed by atoms with Gasteiger partial charge in [0.25, 0.3) is 0 Å². The second kappa shape index (κ2) is 7.52. The van der Waals surface area contributed by atoms with Gasteiger partial charge < -0.3 is 9.64 Å². The Balaban J connectivity index is 1.61. The normalized spacial score (nSPS) is 17.1. The Morgan fingerprint density at radius 3 is 2.50 bits per heavy atom. The van der Waals surface area contributed by atoms with Gasteiger partial charge in [0.1, 0.15) is 5.75 Å². The van der Waals surface area contributed by atoms with Crippen molar-refractivity contribution >= 4 is 5.91 Å². The number of likely N-dealkylation sites (tertiary alicyclic amines) is 1. The number of nitrogens with zero attached hydrogens (tertiary/aromatic N) is 1. The van der Waals surface area contributed by atoms with Crippen LogP contribution >= 0.6 is 0 Å². The molecule has 24 heavy (non-hydrogen) atoms.